The van der Waals surface area contributed by atoms with Crippen LogP contribution in [0.2, 0.25) is 0 Å². The molecule has 0 unspecified atom stereocenters. The summed E-state index contributed by atoms with van der Waals surface area (Å²) in [7, 11) is 4.94. The van der Waals surface area contributed by atoms with E-state index in [0.717, 1.165) is 22.8 Å². The summed E-state index contributed by atoms with van der Waals surface area (Å²) in [5.74, 6) is 4.27. The predicted molar refractivity (Wildman–Crippen MR) is 85.1 cm³/mol. The van der Waals surface area contributed by atoms with Crippen molar-refractivity contribution < 1.29 is 14.2 Å². The maximum atomic E-state index is 5.55. The van der Waals surface area contributed by atoms with Crippen LogP contribution in [0.4, 0.5) is 0 Å². The number of rotatable bonds is 8. The fraction of sp³-hybridized carbons (Fsp3) is 0.571. The molecule has 0 heterocycles. The molecule has 5 heteroatoms. The van der Waals surface area contributed by atoms with Crippen LogP contribution in [0.25, 0.3) is 0 Å². The quantitative estimate of drug-likeness (QED) is 0.670. The summed E-state index contributed by atoms with van der Waals surface area (Å²) in [6, 6.07) is 4.01. The third kappa shape index (κ3) is 3.89. The molecule has 0 atom stereocenters. The molecule has 19 heavy (non-hydrogen) atoms. The number of hydrogen-bond acceptors (Lipinski definition) is 5. The highest BCUT2D eigenvalue weighted by Crippen LogP contribution is 2.49. The Morgan fingerprint density at radius 1 is 0.895 bits per heavy atom. The summed E-state index contributed by atoms with van der Waals surface area (Å²) >= 11 is 3.81. The highest BCUT2D eigenvalue weighted by Gasteiger charge is 2.22. The van der Waals surface area contributed by atoms with Gasteiger partial charge in [-0.05, 0) is 23.6 Å². The fourth-order valence-corrected chi connectivity index (χ4v) is 4.38. The van der Waals surface area contributed by atoms with E-state index in [1.807, 2.05) is 29.6 Å². The molecule has 0 aromatic heterocycles. The Hall–Kier alpha value is -0.680. The molecule has 0 bridgehead atoms. The summed E-state index contributed by atoms with van der Waals surface area (Å²) in [4.78, 5) is 0. The first-order chi connectivity index (χ1) is 9.23. The third-order valence-corrected chi connectivity index (χ3v) is 5.22. The van der Waals surface area contributed by atoms with E-state index in [4.69, 9.17) is 14.2 Å². The summed E-state index contributed by atoms with van der Waals surface area (Å²) in [5.41, 5.74) is 1.15. The largest absolute Gasteiger partial charge is 0.493 e. The van der Waals surface area contributed by atoms with Crippen LogP contribution in [-0.2, 0) is 0 Å². The van der Waals surface area contributed by atoms with Gasteiger partial charge in [-0.15, -0.1) is 23.5 Å². The Labute approximate surface area is 124 Å². The Balaban J connectivity index is 3.24. The average Bonchev–Trinajstić information content (AvgIpc) is 2.45. The van der Waals surface area contributed by atoms with Crippen LogP contribution < -0.4 is 14.2 Å². The second-order valence-electron chi connectivity index (χ2n) is 3.67. The lowest BCUT2D eigenvalue weighted by Gasteiger charge is -2.21. The van der Waals surface area contributed by atoms with Crippen LogP contribution in [0, 0.1) is 0 Å². The molecule has 0 saturated carbocycles. The molecular formula is C14H22O3S2. The van der Waals surface area contributed by atoms with E-state index in [1.165, 1.54) is 0 Å². The van der Waals surface area contributed by atoms with Crippen molar-refractivity contribution in [3.63, 3.8) is 0 Å². The van der Waals surface area contributed by atoms with Crippen molar-refractivity contribution in [2.24, 2.45) is 0 Å². The monoisotopic (exact) mass is 302 g/mol. The van der Waals surface area contributed by atoms with Gasteiger partial charge in [0.15, 0.2) is 11.5 Å². The molecule has 0 aliphatic carbocycles. The van der Waals surface area contributed by atoms with Gasteiger partial charge in [0, 0.05) is 5.56 Å². The maximum Gasteiger partial charge on any atom is 0.203 e. The van der Waals surface area contributed by atoms with E-state index in [9.17, 15) is 0 Å². The fourth-order valence-electron chi connectivity index (χ4n) is 1.84. The van der Waals surface area contributed by atoms with Gasteiger partial charge in [0.2, 0.25) is 5.75 Å². The van der Waals surface area contributed by atoms with Crippen molar-refractivity contribution in [1.82, 2.24) is 0 Å². The zero-order valence-electron chi connectivity index (χ0n) is 12.2. The molecule has 0 fully saturated rings. The highest BCUT2D eigenvalue weighted by atomic mass is 32.2. The van der Waals surface area contributed by atoms with E-state index < -0.39 is 0 Å². The molecule has 0 N–H and O–H groups in total. The van der Waals surface area contributed by atoms with E-state index in [2.05, 4.69) is 19.9 Å². The minimum Gasteiger partial charge on any atom is -0.493 e. The van der Waals surface area contributed by atoms with Gasteiger partial charge in [-0.3, -0.25) is 0 Å². The molecule has 0 saturated heterocycles. The molecule has 0 amide bonds. The minimum atomic E-state index is 0.352. The van der Waals surface area contributed by atoms with E-state index in [0.29, 0.717) is 16.1 Å². The van der Waals surface area contributed by atoms with Crippen molar-refractivity contribution in [3.05, 3.63) is 17.7 Å². The van der Waals surface area contributed by atoms with Crippen molar-refractivity contribution >= 4 is 23.5 Å². The van der Waals surface area contributed by atoms with Gasteiger partial charge in [-0.1, -0.05) is 13.8 Å². The Bertz CT molecular complexity index is 391. The number of hydrogen-bond donors (Lipinski definition) is 0. The number of thioether (sulfide) groups is 2. The van der Waals surface area contributed by atoms with E-state index in [1.54, 1.807) is 21.3 Å². The first-order valence-electron chi connectivity index (χ1n) is 6.25. The Kier molecular flexibility index (Phi) is 7.31. The van der Waals surface area contributed by atoms with Crippen LogP contribution in [0.3, 0.4) is 0 Å². The van der Waals surface area contributed by atoms with Crippen LogP contribution in [0.1, 0.15) is 24.0 Å². The first kappa shape index (κ1) is 16.4. The molecule has 0 aliphatic heterocycles. The van der Waals surface area contributed by atoms with Gasteiger partial charge < -0.3 is 14.2 Å². The molecule has 108 valence electrons. The second-order valence-corrected chi connectivity index (χ2v) is 6.73. The Morgan fingerprint density at radius 2 is 1.47 bits per heavy atom. The topological polar surface area (TPSA) is 27.7 Å². The second kappa shape index (κ2) is 8.48. The van der Waals surface area contributed by atoms with E-state index >= 15 is 0 Å². The lowest BCUT2D eigenvalue weighted by molar-refractivity contribution is 0.323. The molecule has 0 spiro atoms. The van der Waals surface area contributed by atoms with Gasteiger partial charge >= 0.3 is 0 Å². The van der Waals surface area contributed by atoms with Crippen molar-refractivity contribution in [1.29, 1.82) is 0 Å². The van der Waals surface area contributed by atoms with Crippen molar-refractivity contribution in [3.8, 4) is 17.2 Å². The maximum absolute atomic E-state index is 5.55. The molecule has 1 aromatic rings. The van der Waals surface area contributed by atoms with Crippen LogP contribution in [0.15, 0.2) is 12.1 Å². The van der Waals surface area contributed by atoms with Crippen molar-refractivity contribution in [2.45, 2.75) is 18.4 Å². The normalized spacial score (nSPS) is 10.6. The van der Waals surface area contributed by atoms with Crippen molar-refractivity contribution in [2.75, 3.05) is 32.8 Å². The van der Waals surface area contributed by atoms with Crippen LogP contribution in [-0.4, -0.2) is 32.8 Å². The molecular weight excluding hydrogens is 280 g/mol. The molecule has 1 aromatic carbocycles. The third-order valence-electron chi connectivity index (χ3n) is 2.62. The lowest BCUT2D eigenvalue weighted by Crippen LogP contribution is -2.01. The Morgan fingerprint density at radius 3 is 1.89 bits per heavy atom. The molecule has 0 radical (unpaired) electrons. The number of benzene rings is 1. The number of ether oxygens (including phenoxy) is 3. The smallest absolute Gasteiger partial charge is 0.203 e. The van der Waals surface area contributed by atoms with Gasteiger partial charge in [0.05, 0.1) is 25.9 Å². The van der Waals surface area contributed by atoms with Gasteiger partial charge in [-0.2, -0.15) is 0 Å². The zero-order chi connectivity index (χ0) is 14.3. The summed E-state index contributed by atoms with van der Waals surface area (Å²) in [5, 5.41) is 0. The summed E-state index contributed by atoms with van der Waals surface area (Å²) in [6.45, 7) is 4.34. The van der Waals surface area contributed by atoms with Gasteiger partial charge in [0.25, 0.3) is 0 Å². The SMILES string of the molecule is CCSC(SCC)c1ccc(OC)c(OC)c1OC. The number of methoxy groups -OCH3 is 3. The molecule has 3 nitrogen and oxygen atoms in total. The van der Waals surface area contributed by atoms with Crippen LogP contribution in [0.5, 0.6) is 17.2 Å². The minimum absolute atomic E-state index is 0.352. The van der Waals surface area contributed by atoms with Gasteiger partial charge in [-0.25, -0.2) is 0 Å². The average molecular weight is 302 g/mol. The van der Waals surface area contributed by atoms with E-state index in [-0.39, 0.29) is 0 Å². The molecule has 0 aliphatic rings. The first-order valence-corrected chi connectivity index (χ1v) is 8.35. The summed E-state index contributed by atoms with van der Waals surface area (Å²) < 4.78 is 16.7. The lowest BCUT2D eigenvalue weighted by atomic mass is 10.2. The standard InChI is InChI=1S/C14H22O3S2/c1-6-18-14(19-7-2)10-8-9-11(15-3)13(17-5)12(10)16-4/h8-9,14H,6-7H2,1-5H3. The van der Waals surface area contributed by atoms with Gasteiger partial charge in [0.1, 0.15) is 0 Å². The van der Waals surface area contributed by atoms with Crippen LogP contribution >= 0.6 is 23.5 Å². The highest BCUT2D eigenvalue weighted by molar-refractivity contribution is 8.16. The molecule has 1 rings (SSSR count). The zero-order valence-corrected chi connectivity index (χ0v) is 13.8. The summed E-state index contributed by atoms with van der Waals surface area (Å²) in [6.07, 6.45) is 0. The predicted octanol–water partition coefficient (Wildman–Crippen LogP) is 4.22.